The molecule has 4 nitrogen and oxygen atoms in total. The molecule has 0 bridgehead atoms. The van der Waals surface area contributed by atoms with Gasteiger partial charge in [-0.1, -0.05) is 23.3 Å². The zero-order valence-corrected chi connectivity index (χ0v) is 19.7. The fourth-order valence-electron chi connectivity index (χ4n) is 4.12. The molecule has 4 rings (SSSR count). The summed E-state index contributed by atoms with van der Waals surface area (Å²) in [4.78, 5) is 8.40. The molecule has 0 saturated carbocycles. The number of anilines is 2. The molecule has 7 heteroatoms. The van der Waals surface area contributed by atoms with Crippen molar-refractivity contribution >= 4 is 33.2 Å². The zero-order valence-electron chi connectivity index (χ0n) is 19.7. The number of unbranched alkanes of at least 4 members (excludes halogenated alkanes) is 2. The fourth-order valence-corrected chi connectivity index (χ4v) is 4.12. The Bertz CT molecular complexity index is 1310. The average Bonchev–Trinajstić information content (AvgIpc) is 2.78. The maximum Gasteiger partial charge on any atom is 0.433 e. The van der Waals surface area contributed by atoms with Gasteiger partial charge in [0.1, 0.15) is 5.69 Å². The summed E-state index contributed by atoms with van der Waals surface area (Å²) in [5.41, 5.74) is 5.18. The minimum atomic E-state index is -4.48. The summed E-state index contributed by atoms with van der Waals surface area (Å²) in [5.74, 6) is 0. The van der Waals surface area contributed by atoms with Crippen LogP contribution >= 0.6 is 0 Å². The molecule has 0 unspecified atom stereocenters. The Hall–Kier alpha value is -3.35. The SMILES string of the molecule is Cc1ccc2nc(C)cc(NCCCCCNc3cc(C(F)(F)F)nc4ccc(C)cc34)c2c1. The Labute approximate surface area is 197 Å². The zero-order chi connectivity index (χ0) is 24.3. The van der Waals surface area contributed by atoms with Crippen LogP contribution in [0.4, 0.5) is 24.5 Å². The Morgan fingerprint density at radius 3 is 1.76 bits per heavy atom. The summed E-state index contributed by atoms with van der Waals surface area (Å²) < 4.78 is 39.9. The highest BCUT2D eigenvalue weighted by Gasteiger charge is 2.33. The highest BCUT2D eigenvalue weighted by Crippen LogP contribution is 2.33. The summed E-state index contributed by atoms with van der Waals surface area (Å²) in [5, 5.41) is 8.56. The highest BCUT2D eigenvalue weighted by atomic mass is 19.4. The third-order valence-corrected chi connectivity index (χ3v) is 5.83. The molecule has 0 atom stereocenters. The fraction of sp³-hybridized carbons (Fsp3) is 0.333. The molecule has 0 spiro atoms. The van der Waals surface area contributed by atoms with Crippen molar-refractivity contribution in [2.45, 2.75) is 46.2 Å². The van der Waals surface area contributed by atoms with Crippen molar-refractivity contribution in [2.75, 3.05) is 23.7 Å². The second-order valence-corrected chi connectivity index (χ2v) is 8.82. The lowest BCUT2D eigenvalue weighted by atomic mass is 10.1. The molecule has 4 aromatic rings. The molecule has 0 aliphatic rings. The molecular formula is C27H29F3N4. The molecule has 2 aromatic heterocycles. The van der Waals surface area contributed by atoms with Crippen molar-refractivity contribution in [1.29, 1.82) is 0 Å². The molecule has 0 aliphatic heterocycles. The van der Waals surface area contributed by atoms with Gasteiger partial charge in [-0.05, 0) is 76.4 Å². The van der Waals surface area contributed by atoms with E-state index in [1.54, 1.807) is 12.1 Å². The summed E-state index contributed by atoms with van der Waals surface area (Å²) in [7, 11) is 0. The Morgan fingerprint density at radius 1 is 0.676 bits per heavy atom. The van der Waals surface area contributed by atoms with Crippen LogP contribution in [0.3, 0.4) is 0 Å². The van der Waals surface area contributed by atoms with Crippen LogP contribution in [-0.2, 0) is 6.18 Å². The Balaban J connectivity index is 1.33. The third kappa shape index (κ3) is 5.58. The molecule has 34 heavy (non-hydrogen) atoms. The van der Waals surface area contributed by atoms with Gasteiger partial charge in [0.15, 0.2) is 0 Å². The predicted octanol–water partition coefficient (Wildman–Crippen LogP) is 7.42. The van der Waals surface area contributed by atoms with Gasteiger partial charge in [-0.3, -0.25) is 4.98 Å². The number of hydrogen-bond donors (Lipinski definition) is 2. The number of aromatic nitrogens is 2. The van der Waals surface area contributed by atoms with Gasteiger partial charge in [-0.2, -0.15) is 13.2 Å². The van der Waals surface area contributed by atoms with Crippen molar-refractivity contribution in [3.8, 4) is 0 Å². The van der Waals surface area contributed by atoms with Gasteiger partial charge in [0.2, 0.25) is 0 Å². The maximum atomic E-state index is 13.3. The predicted molar refractivity (Wildman–Crippen MR) is 134 cm³/mol. The van der Waals surface area contributed by atoms with Gasteiger partial charge in [0.05, 0.1) is 11.0 Å². The molecule has 0 aliphatic carbocycles. The summed E-state index contributed by atoms with van der Waals surface area (Å²) in [6, 6.07) is 14.7. The van der Waals surface area contributed by atoms with Crippen LogP contribution in [0.25, 0.3) is 21.8 Å². The van der Waals surface area contributed by atoms with Crippen LogP contribution in [0.1, 0.15) is 41.8 Å². The van der Waals surface area contributed by atoms with Crippen LogP contribution in [0.15, 0.2) is 48.5 Å². The number of halogens is 3. The molecule has 2 N–H and O–H groups in total. The van der Waals surface area contributed by atoms with E-state index in [-0.39, 0.29) is 0 Å². The van der Waals surface area contributed by atoms with Crippen molar-refractivity contribution in [3.05, 3.63) is 71.0 Å². The van der Waals surface area contributed by atoms with Gasteiger partial charge >= 0.3 is 6.18 Å². The summed E-state index contributed by atoms with van der Waals surface area (Å²) >= 11 is 0. The molecular weight excluding hydrogens is 437 g/mol. The number of rotatable bonds is 8. The molecule has 0 amide bonds. The molecule has 0 fully saturated rings. The first kappa shape index (κ1) is 23.8. The second kappa shape index (κ2) is 9.87. The van der Waals surface area contributed by atoms with E-state index in [0.717, 1.165) is 59.7 Å². The Morgan fingerprint density at radius 2 is 1.21 bits per heavy atom. The minimum absolute atomic E-state index is 0.349. The monoisotopic (exact) mass is 466 g/mol. The van der Waals surface area contributed by atoms with Gasteiger partial charge in [0.25, 0.3) is 0 Å². The number of fused-ring (bicyclic) bond motifs is 2. The first-order valence-electron chi connectivity index (χ1n) is 11.5. The quantitative estimate of drug-likeness (QED) is 0.265. The van der Waals surface area contributed by atoms with Gasteiger partial charge < -0.3 is 10.6 Å². The van der Waals surface area contributed by atoms with Crippen molar-refractivity contribution in [3.63, 3.8) is 0 Å². The summed E-state index contributed by atoms with van der Waals surface area (Å²) in [6.45, 7) is 7.40. The first-order chi connectivity index (χ1) is 16.2. The third-order valence-electron chi connectivity index (χ3n) is 5.83. The molecule has 178 valence electrons. The molecule has 0 saturated heterocycles. The molecule has 2 heterocycles. The average molecular weight is 467 g/mol. The van der Waals surface area contributed by atoms with Gasteiger partial charge in [-0.15, -0.1) is 0 Å². The molecule has 0 radical (unpaired) electrons. The van der Waals surface area contributed by atoms with Crippen molar-refractivity contribution < 1.29 is 13.2 Å². The number of benzene rings is 2. The number of hydrogen-bond acceptors (Lipinski definition) is 4. The van der Waals surface area contributed by atoms with E-state index in [2.05, 4.69) is 45.7 Å². The highest BCUT2D eigenvalue weighted by molar-refractivity contribution is 5.92. The first-order valence-corrected chi connectivity index (χ1v) is 11.5. The topological polar surface area (TPSA) is 49.8 Å². The van der Waals surface area contributed by atoms with E-state index >= 15 is 0 Å². The van der Waals surface area contributed by atoms with Crippen molar-refractivity contribution in [1.82, 2.24) is 9.97 Å². The Kier molecular flexibility index (Phi) is 6.91. The number of nitrogens with one attached hydrogen (secondary N) is 2. The van der Waals surface area contributed by atoms with Gasteiger partial charge in [0, 0.05) is 40.9 Å². The molecule has 2 aromatic carbocycles. The lowest BCUT2D eigenvalue weighted by Gasteiger charge is -2.14. The number of alkyl halides is 3. The van der Waals surface area contributed by atoms with E-state index in [1.807, 2.05) is 26.0 Å². The minimum Gasteiger partial charge on any atom is -0.384 e. The van der Waals surface area contributed by atoms with Crippen LogP contribution in [0.2, 0.25) is 0 Å². The number of nitrogens with zero attached hydrogens (tertiary/aromatic N) is 2. The van der Waals surface area contributed by atoms with Crippen LogP contribution in [0.5, 0.6) is 0 Å². The van der Waals surface area contributed by atoms with E-state index in [0.29, 0.717) is 23.1 Å². The smallest absolute Gasteiger partial charge is 0.384 e. The summed E-state index contributed by atoms with van der Waals surface area (Å²) in [6.07, 6.45) is -1.71. The van der Waals surface area contributed by atoms with E-state index < -0.39 is 11.9 Å². The second-order valence-electron chi connectivity index (χ2n) is 8.82. The van der Waals surface area contributed by atoms with Crippen LogP contribution < -0.4 is 10.6 Å². The van der Waals surface area contributed by atoms with Gasteiger partial charge in [-0.25, -0.2) is 4.98 Å². The largest absolute Gasteiger partial charge is 0.433 e. The standard InChI is InChI=1S/C27H29F3N4/c1-17-7-9-22-20(13-17)24(15-19(3)33-22)31-11-5-4-6-12-32-25-16-26(27(28,29)30)34-23-10-8-18(2)14-21(23)25/h7-10,13-16H,4-6,11-12H2,1-3H3,(H,31,33)(H,32,34). The van der Waals surface area contributed by atoms with Crippen LogP contribution in [0, 0.1) is 20.8 Å². The van der Waals surface area contributed by atoms with E-state index in [1.165, 1.54) is 5.56 Å². The maximum absolute atomic E-state index is 13.3. The van der Waals surface area contributed by atoms with Crippen LogP contribution in [-0.4, -0.2) is 23.1 Å². The van der Waals surface area contributed by atoms with E-state index in [9.17, 15) is 13.2 Å². The normalized spacial score (nSPS) is 11.8. The number of aryl methyl sites for hydroxylation is 3. The number of pyridine rings is 2. The lowest BCUT2D eigenvalue weighted by Crippen LogP contribution is -2.11. The van der Waals surface area contributed by atoms with Crippen molar-refractivity contribution in [2.24, 2.45) is 0 Å². The van der Waals surface area contributed by atoms with E-state index in [4.69, 9.17) is 0 Å². The lowest BCUT2D eigenvalue weighted by molar-refractivity contribution is -0.140.